The first-order valence-electron chi connectivity index (χ1n) is 6.31. The van der Waals surface area contributed by atoms with E-state index in [2.05, 4.69) is 20.3 Å². The molecule has 2 heterocycles. The molecule has 21 heavy (non-hydrogen) atoms. The van der Waals surface area contributed by atoms with Crippen LogP contribution in [0.5, 0.6) is 0 Å². The van der Waals surface area contributed by atoms with Crippen LogP contribution in [-0.2, 0) is 0 Å². The molecule has 0 bridgehead atoms. The third kappa shape index (κ3) is 2.64. The third-order valence-electron chi connectivity index (χ3n) is 2.98. The van der Waals surface area contributed by atoms with Gasteiger partial charge in [-0.1, -0.05) is 0 Å². The number of benzene rings is 1. The number of aromatic nitrogens is 3. The van der Waals surface area contributed by atoms with Gasteiger partial charge in [-0.2, -0.15) is 0 Å². The van der Waals surface area contributed by atoms with Crippen LogP contribution in [0.2, 0.25) is 0 Å². The van der Waals surface area contributed by atoms with Crippen molar-refractivity contribution in [2.75, 3.05) is 5.32 Å². The topological polar surface area (TPSA) is 88.0 Å². The molecule has 104 valence electrons. The van der Waals surface area contributed by atoms with Crippen LogP contribution in [0.1, 0.15) is 15.9 Å². The molecule has 0 fully saturated rings. The number of pyridine rings is 1. The fourth-order valence-corrected chi connectivity index (χ4v) is 2.06. The van der Waals surface area contributed by atoms with Crippen LogP contribution >= 0.6 is 0 Å². The maximum Gasteiger partial charge on any atom is 0.335 e. The summed E-state index contributed by atoms with van der Waals surface area (Å²) in [5.41, 5.74) is 2.40. The monoisotopic (exact) mass is 280 g/mol. The molecular formula is C15H12N4O2. The number of hydrogen-bond donors (Lipinski definition) is 2. The molecule has 6 heteroatoms. The van der Waals surface area contributed by atoms with E-state index in [1.165, 1.54) is 6.07 Å². The van der Waals surface area contributed by atoms with Gasteiger partial charge in [-0.3, -0.25) is 4.98 Å². The number of carboxylic acids is 1. The minimum absolute atomic E-state index is 0.188. The molecule has 0 atom stereocenters. The van der Waals surface area contributed by atoms with Crippen molar-refractivity contribution >= 4 is 28.5 Å². The van der Waals surface area contributed by atoms with E-state index in [0.717, 1.165) is 10.9 Å². The van der Waals surface area contributed by atoms with Crippen LogP contribution < -0.4 is 5.32 Å². The number of aryl methyl sites for hydroxylation is 1. The molecule has 0 spiro atoms. The van der Waals surface area contributed by atoms with Gasteiger partial charge in [-0.15, -0.1) is 0 Å². The molecule has 0 aliphatic carbocycles. The molecular weight excluding hydrogens is 268 g/mol. The Morgan fingerprint density at radius 3 is 2.62 bits per heavy atom. The van der Waals surface area contributed by atoms with Crippen LogP contribution in [0.4, 0.5) is 11.6 Å². The highest BCUT2D eigenvalue weighted by Crippen LogP contribution is 2.26. The number of nitrogens with one attached hydrogen (secondary N) is 1. The molecule has 3 rings (SSSR count). The van der Waals surface area contributed by atoms with E-state index in [0.29, 0.717) is 17.2 Å². The number of carboxylic acid groups (broad SMARTS) is 1. The lowest BCUT2D eigenvalue weighted by Gasteiger charge is -2.09. The highest BCUT2D eigenvalue weighted by Gasteiger charge is 2.11. The average Bonchev–Trinajstić information content (AvgIpc) is 2.47. The lowest BCUT2D eigenvalue weighted by atomic mass is 10.1. The smallest absolute Gasteiger partial charge is 0.335 e. The number of rotatable bonds is 3. The Hall–Kier alpha value is -3.02. The van der Waals surface area contributed by atoms with Gasteiger partial charge >= 0.3 is 5.97 Å². The summed E-state index contributed by atoms with van der Waals surface area (Å²) >= 11 is 0. The van der Waals surface area contributed by atoms with Gasteiger partial charge < -0.3 is 10.4 Å². The Morgan fingerprint density at radius 2 is 1.90 bits per heavy atom. The third-order valence-corrected chi connectivity index (χ3v) is 2.98. The lowest BCUT2D eigenvalue weighted by Crippen LogP contribution is -2.02. The summed E-state index contributed by atoms with van der Waals surface area (Å²) in [6.07, 6.45) is 4.95. The molecule has 2 N–H and O–H groups in total. The van der Waals surface area contributed by atoms with Crippen LogP contribution in [0.3, 0.4) is 0 Å². The Labute approximate surface area is 120 Å². The maximum atomic E-state index is 11.3. The van der Waals surface area contributed by atoms with Crippen LogP contribution in [0, 0.1) is 6.92 Å². The van der Waals surface area contributed by atoms with Crippen molar-refractivity contribution in [1.29, 1.82) is 0 Å². The zero-order chi connectivity index (χ0) is 14.8. The lowest BCUT2D eigenvalue weighted by molar-refractivity contribution is 0.0697. The summed E-state index contributed by atoms with van der Waals surface area (Å²) in [4.78, 5) is 23.8. The summed E-state index contributed by atoms with van der Waals surface area (Å²) in [5.74, 6) is -0.598. The molecule has 0 amide bonds. The highest BCUT2D eigenvalue weighted by atomic mass is 16.4. The first kappa shape index (κ1) is 13.0. The molecule has 0 aliphatic rings. The predicted octanol–water partition coefficient (Wildman–Crippen LogP) is 2.78. The number of fused-ring (bicyclic) bond motifs is 1. The van der Waals surface area contributed by atoms with Crippen molar-refractivity contribution in [1.82, 2.24) is 15.0 Å². The van der Waals surface area contributed by atoms with Crippen molar-refractivity contribution in [3.63, 3.8) is 0 Å². The predicted molar refractivity (Wildman–Crippen MR) is 78.8 cm³/mol. The Bertz CT molecular complexity index is 819. The van der Waals surface area contributed by atoms with Crippen LogP contribution in [0.25, 0.3) is 10.9 Å². The minimum Gasteiger partial charge on any atom is -0.478 e. The molecule has 0 saturated heterocycles. The average molecular weight is 280 g/mol. The van der Waals surface area contributed by atoms with Crippen molar-refractivity contribution in [3.05, 3.63) is 54.0 Å². The van der Waals surface area contributed by atoms with E-state index < -0.39 is 5.97 Å². The molecule has 0 saturated carbocycles. The molecule has 6 nitrogen and oxygen atoms in total. The van der Waals surface area contributed by atoms with Gasteiger partial charge in [0.15, 0.2) is 0 Å². The first-order valence-corrected chi connectivity index (χ1v) is 6.31. The number of anilines is 2. The second kappa shape index (κ2) is 5.16. The number of hydrogen-bond acceptors (Lipinski definition) is 5. The Morgan fingerprint density at radius 1 is 1.14 bits per heavy atom. The largest absolute Gasteiger partial charge is 0.478 e. The minimum atomic E-state index is -0.990. The molecule has 1 aromatic carbocycles. The number of nitrogens with zero attached hydrogens (tertiary/aromatic N) is 3. The summed E-state index contributed by atoms with van der Waals surface area (Å²) in [7, 11) is 0. The van der Waals surface area contributed by atoms with Gasteiger partial charge in [0.2, 0.25) is 5.95 Å². The van der Waals surface area contributed by atoms with Gasteiger partial charge in [-0.25, -0.2) is 14.8 Å². The zero-order valence-corrected chi connectivity index (χ0v) is 11.2. The molecule has 2 aromatic heterocycles. The molecule has 0 unspecified atom stereocenters. The van der Waals surface area contributed by atoms with Crippen LogP contribution in [0.15, 0.2) is 42.9 Å². The van der Waals surface area contributed by atoms with Gasteiger partial charge in [0.05, 0.1) is 16.8 Å². The van der Waals surface area contributed by atoms with E-state index in [1.807, 2.05) is 13.0 Å². The van der Waals surface area contributed by atoms with E-state index in [4.69, 9.17) is 0 Å². The summed E-state index contributed by atoms with van der Waals surface area (Å²) in [5, 5.41) is 13.0. The number of carbonyl (C=O) groups is 1. The normalized spacial score (nSPS) is 10.5. The van der Waals surface area contributed by atoms with Crippen molar-refractivity contribution in [2.24, 2.45) is 0 Å². The quantitative estimate of drug-likeness (QED) is 0.767. The summed E-state index contributed by atoms with van der Waals surface area (Å²) in [6, 6.07) is 6.74. The highest BCUT2D eigenvalue weighted by molar-refractivity contribution is 6.00. The van der Waals surface area contributed by atoms with Gasteiger partial charge in [-0.05, 0) is 36.8 Å². The van der Waals surface area contributed by atoms with Crippen molar-refractivity contribution in [3.8, 4) is 0 Å². The van der Waals surface area contributed by atoms with Gasteiger partial charge in [0.1, 0.15) is 0 Å². The van der Waals surface area contributed by atoms with E-state index >= 15 is 0 Å². The maximum absolute atomic E-state index is 11.3. The van der Waals surface area contributed by atoms with E-state index in [9.17, 15) is 9.90 Å². The van der Waals surface area contributed by atoms with Gasteiger partial charge in [0.25, 0.3) is 0 Å². The van der Waals surface area contributed by atoms with Crippen molar-refractivity contribution < 1.29 is 9.90 Å². The first-order chi connectivity index (χ1) is 10.1. The molecule has 0 radical (unpaired) electrons. The van der Waals surface area contributed by atoms with E-state index in [-0.39, 0.29) is 5.56 Å². The standard InChI is InChI=1S/C15H12N4O2/c1-9-5-10-6-11(14(20)21)7-12(13(10)18-8-9)19-15-16-3-2-4-17-15/h2-8H,1H3,(H,20,21)(H,16,17,19). The molecule has 0 aliphatic heterocycles. The second-order valence-electron chi connectivity index (χ2n) is 4.61. The zero-order valence-electron chi connectivity index (χ0n) is 11.2. The summed E-state index contributed by atoms with van der Waals surface area (Å²) < 4.78 is 0. The van der Waals surface area contributed by atoms with E-state index in [1.54, 1.807) is 30.7 Å². The molecule has 3 aromatic rings. The van der Waals surface area contributed by atoms with Crippen LogP contribution in [-0.4, -0.2) is 26.0 Å². The fourth-order valence-electron chi connectivity index (χ4n) is 2.06. The van der Waals surface area contributed by atoms with Crippen molar-refractivity contribution in [2.45, 2.75) is 6.92 Å². The second-order valence-corrected chi connectivity index (χ2v) is 4.61. The SMILES string of the molecule is Cc1cnc2c(Nc3ncccn3)cc(C(=O)O)cc2c1. The van der Waals surface area contributed by atoms with Gasteiger partial charge in [0, 0.05) is 24.0 Å². The Kier molecular flexibility index (Phi) is 3.19. The Balaban J connectivity index is 2.17. The summed E-state index contributed by atoms with van der Waals surface area (Å²) in [6.45, 7) is 1.91. The number of aromatic carboxylic acids is 1. The fraction of sp³-hybridized carbons (Fsp3) is 0.0667.